The summed E-state index contributed by atoms with van der Waals surface area (Å²) in [5, 5.41) is 15.5. The molecule has 1 N–H and O–H groups in total. The number of rotatable bonds is 4. The molecule has 3 aromatic heterocycles. The third kappa shape index (κ3) is 2.61. The van der Waals surface area contributed by atoms with Gasteiger partial charge in [-0.15, -0.1) is 0 Å². The molecule has 120 valence electrons. The molecule has 0 saturated heterocycles. The number of hydrogen-bond donors (Lipinski definition) is 1. The van der Waals surface area contributed by atoms with Gasteiger partial charge in [0.25, 0.3) is 0 Å². The minimum absolute atomic E-state index is 0.0372. The van der Waals surface area contributed by atoms with Crippen LogP contribution in [0, 0.1) is 6.92 Å². The Labute approximate surface area is 136 Å². The van der Waals surface area contributed by atoms with Crippen LogP contribution in [-0.4, -0.2) is 24.9 Å². The highest BCUT2D eigenvalue weighted by molar-refractivity contribution is 5.95. The SMILES string of the molecule is CCn1ncc2c(-c3ccnc(C)c3)c(CO)c(C(C)C)nc21. The number of fused-ring (bicyclic) bond motifs is 1. The molecule has 0 unspecified atom stereocenters. The molecule has 23 heavy (non-hydrogen) atoms. The molecule has 3 rings (SSSR count). The Bertz CT molecular complexity index is 852. The van der Waals surface area contributed by atoms with Gasteiger partial charge in [-0.3, -0.25) is 4.98 Å². The lowest BCUT2D eigenvalue weighted by atomic mass is 9.93. The maximum Gasteiger partial charge on any atom is 0.158 e. The number of nitrogens with zero attached hydrogens (tertiary/aromatic N) is 4. The van der Waals surface area contributed by atoms with Crippen molar-refractivity contribution in [2.24, 2.45) is 0 Å². The highest BCUT2D eigenvalue weighted by atomic mass is 16.3. The van der Waals surface area contributed by atoms with E-state index in [1.807, 2.05) is 29.9 Å². The third-order valence-corrected chi connectivity index (χ3v) is 4.11. The Balaban J connectivity index is 2.43. The summed E-state index contributed by atoms with van der Waals surface area (Å²) in [6.07, 6.45) is 3.65. The van der Waals surface area contributed by atoms with Crippen LogP contribution < -0.4 is 0 Å². The molecule has 0 saturated carbocycles. The van der Waals surface area contributed by atoms with Crippen molar-refractivity contribution in [3.05, 3.63) is 41.5 Å². The normalized spacial score (nSPS) is 11.6. The molecule has 3 heterocycles. The van der Waals surface area contributed by atoms with Crippen molar-refractivity contribution in [2.75, 3.05) is 0 Å². The number of hydrogen-bond acceptors (Lipinski definition) is 4. The summed E-state index contributed by atoms with van der Waals surface area (Å²) in [7, 11) is 0. The van der Waals surface area contributed by atoms with Gasteiger partial charge in [0.05, 0.1) is 18.5 Å². The van der Waals surface area contributed by atoms with Gasteiger partial charge in [0, 0.05) is 34.9 Å². The summed E-state index contributed by atoms with van der Waals surface area (Å²) >= 11 is 0. The highest BCUT2D eigenvalue weighted by Gasteiger charge is 2.20. The fourth-order valence-electron chi connectivity index (χ4n) is 3.05. The highest BCUT2D eigenvalue weighted by Crippen LogP contribution is 2.35. The van der Waals surface area contributed by atoms with Crippen molar-refractivity contribution in [3.63, 3.8) is 0 Å². The fraction of sp³-hybridized carbons (Fsp3) is 0.389. The van der Waals surface area contributed by atoms with E-state index >= 15 is 0 Å². The van der Waals surface area contributed by atoms with Crippen LogP contribution in [0.15, 0.2) is 24.5 Å². The zero-order valence-corrected chi connectivity index (χ0v) is 14.0. The van der Waals surface area contributed by atoms with Crippen LogP contribution in [0.5, 0.6) is 0 Å². The van der Waals surface area contributed by atoms with E-state index < -0.39 is 0 Å². The molecule has 0 aliphatic carbocycles. The second-order valence-electron chi connectivity index (χ2n) is 6.05. The molecular formula is C18H22N4O. The lowest BCUT2D eigenvalue weighted by Crippen LogP contribution is -2.06. The van der Waals surface area contributed by atoms with Crippen molar-refractivity contribution in [2.45, 2.75) is 46.8 Å². The van der Waals surface area contributed by atoms with Crippen LogP contribution in [-0.2, 0) is 13.2 Å². The number of aryl methyl sites for hydroxylation is 2. The zero-order chi connectivity index (χ0) is 16.6. The van der Waals surface area contributed by atoms with Gasteiger partial charge in [-0.25, -0.2) is 9.67 Å². The van der Waals surface area contributed by atoms with Gasteiger partial charge in [-0.2, -0.15) is 5.10 Å². The smallest absolute Gasteiger partial charge is 0.158 e. The van der Waals surface area contributed by atoms with E-state index in [0.717, 1.165) is 45.7 Å². The molecule has 0 aromatic carbocycles. The van der Waals surface area contributed by atoms with Crippen molar-refractivity contribution in [1.82, 2.24) is 19.7 Å². The average molecular weight is 310 g/mol. The predicted molar refractivity (Wildman–Crippen MR) is 91.2 cm³/mol. The largest absolute Gasteiger partial charge is 0.392 e. The predicted octanol–water partition coefficient (Wildman–Crippen LogP) is 3.44. The molecule has 0 bridgehead atoms. The van der Waals surface area contributed by atoms with Gasteiger partial charge < -0.3 is 5.11 Å². The van der Waals surface area contributed by atoms with E-state index in [9.17, 15) is 5.11 Å². The standard InChI is InChI=1S/C18H22N4O/c1-5-22-18-14(9-20-22)16(13-6-7-19-12(4)8-13)15(10-23)17(21-18)11(2)3/h6-9,11,23H,5,10H2,1-4H3. The van der Waals surface area contributed by atoms with Crippen LogP contribution in [0.3, 0.4) is 0 Å². The fourth-order valence-corrected chi connectivity index (χ4v) is 3.05. The van der Waals surface area contributed by atoms with Crippen LogP contribution in [0.1, 0.15) is 43.6 Å². The van der Waals surface area contributed by atoms with E-state index in [2.05, 4.69) is 30.9 Å². The number of aliphatic hydroxyl groups excluding tert-OH is 1. The Morgan fingerprint density at radius 3 is 2.70 bits per heavy atom. The molecule has 0 radical (unpaired) electrons. The maximum atomic E-state index is 10.0. The first-order valence-electron chi connectivity index (χ1n) is 7.99. The summed E-state index contributed by atoms with van der Waals surface area (Å²) in [4.78, 5) is 9.09. The molecule has 5 nitrogen and oxygen atoms in total. The van der Waals surface area contributed by atoms with E-state index in [0.29, 0.717) is 0 Å². The van der Waals surface area contributed by atoms with Crippen LogP contribution in [0.4, 0.5) is 0 Å². The number of aliphatic hydroxyl groups is 1. The van der Waals surface area contributed by atoms with Gasteiger partial charge in [-0.1, -0.05) is 13.8 Å². The van der Waals surface area contributed by atoms with Gasteiger partial charge in [-0.05, 0) is 37.5 Å². The molecule has 0 amide bonds. The first kappa shape index (κ1) is 15.6. The van der Waals surface area contributed by atoms with Crippen molar-refractivity contribution in [1.29, 1.82) is 0 Å². The molecule has 0 spiro atoms. The Morgan fingerprint density at radius 2 is 2.09 bits per heavy atom. The molecule has 0 fully saturated rings. The second-order valence-corrected chi connectivity index (χ2v) is 6.05. The molecule has 3 aromatic rings. The van der Waals surface area contributed by atoms with E-state index in [-0.39, 0.29) is 12.5 Å². The topological polar surface area (TPSA) is 63.8 Å². The van der Waals surface area contributed by atoms with Gasteiger partial charge in [0.1, 0.15) is 0 Å². The Kier molecular flexibility index (Phi) is 4.13. The van der Waals surface area contributed by atoms with Crippen LogP contribution in [0.2, 0.25) is 0 Å². The summed E-state index contributed by atoms with van der Waals surface area (Å²) < 4.78 is 1.90. The minimum Gasteiger partial charge on any atom is -0.392 e. The second kappa shape index (κ2) is 6.08. The molecule has 0 aliphatic heterocycles. The van der Waals surface area contributed by atoms with Gasteiger partial charge >= 0.3 is 0 Å². The third-order valence-electron chi connectivity index (χ3n) is 4.11. The lowest BCUT2D eigenvalue weighted by Gasteiger charge is -2.17. The quantitative estimate of drug-likeness (QED) is 0.802. The molecule has 0 aliphatic rings. The summed E-state index contributed by atoms with van der Waals surface area (Å²) in [6.45, 7) is 8.95. The van der Waals surface area contributed by atoms with Crippen LogP contribution >= 0.6 is 0 Å². The number of aromatic nitrogens is 4. The summed E-state index contributed by atoms with van der Waals surface area (Å²) in [5.41, 5.74) is 5.70. The van der Waals surface area contributed by atoms with Crippen LogP contribution in [0.25, 0.3) is 22.2 Å². The van der Waals surface area contributed by atoms with E-state index in [1.165, 1.54) is 0 Å². The zero-order valence-electron chi connectivity index (χ0n) is 14.0. The first-order valence-corrected chi connectivity index (χ1v) is 7.99. The van der Waals surface area contributed by atoms with E-state index in [1.54, 1.807) is 6.20 Å². The minimum atomic E-state index is -0.0372. The van der Waals surface area contributed by atoms with Gasteiger partial charge in [0.2, 0.25) is 0 Å². The first-order chi connectivity index (χ1) is 11.1. The van der Waals surface area contributed by atoms with Crippen molar-refractivity contribution in [3.8, 4) is 11.1 Å². The molecule has 5 heteroatoms. The van der Waals surface area contributed by atoms with Crippen molar-refractivity contribution >= 4 is 11.0 Å². The number of pyridine rings is 2. The average Bonchev–Trinajstić information content (AvgIpc) is 2.95. The summed E-state index contributed by atoms with van der Waals surface area (Å²) in [5.74, 6) is 0.225. The van der Waals surface area contributed by atoms with E-state index in [4.69, 9.17) is 4.98 Å². The Hall–Kier alpha value is -2.27. The monoisotopic (exact) mass is 310 g/mol. The molecule has 0 atom stereocenters. The molecular weight excluding hydrogens is 288 g/mol. The Morgan fingerprint density at radius 1 is 1.30 bits per heavy atom. The summed E-state index contributed by atoms with van der Waals surface area (Å²) in [6, 6.07) is 4.02. The maximum absolute atomic E-state index is 10.0. The lowest BCUT2D eigenvalue weighted by molar-refractivity contribution is 0.280. The van der Waals surface area contributed by atoms with Crippen molar-refractivity contribution < 1.29 is 5.11 Å². The van der Waals surface area contributed by atoms with Gasteiger partial charge in [0.15, 0.2) is 5.65 Å².